The van der Waals surface area contributed by atoms with Gasteiger partial charge in [-0.2, -0.15) is 15.5 Å². The first-order chi connectivity index (χ1) is 16.0. The van der Waals surface area contributed by atoms with Crippen LogP contribution in [-0.2, 0) is 7.05 Å². The molecule has 4 aromatic rings. The van der Waals surface area contributed by atoms with Crippen molar-refractivity contribution in [1.29, 1.82) is 5.26 Å². The highest BCUT2D eigenvalue weighted by atomic mass is 15.3. The quantitative estimate of drug-likeness (QED) is 0.449. The molecule has 0 radical (unpaired) electrons. The molecule has 0 aliphatic carbocycles. The van der Waals surface area contributed by atoms with Gasteiger partial charge in [-0.1, -0.05) is 11.8 Å². The maximum absolute atomic E-state index is 9.59. The summed E-state index contributed by atoms with van der Waals surface area (Å²) in [4.78, 5) is 9.27. The van der Waals surface area contributed by atoms with E-state index in [1.54, 1.807) is 15.4 Å². The summed E-state index contributed by atoms with van der Waals surface area (Å²) in [6, 6.07) is 6.30. The number of nitrogens with zero attached hydrogens (tertiary/aromatic N) is 8. The number of rotatable bonds is 2. The number of aromatic nitrogens is 5. The Morgan fingerprint density at radius 1 is 0.848 bits per heavy atom. The molecule has 0 spiro atoms. The van der Waals surface area contributed by atoms with Crippen molar-refractivity contribution in [3.63, 3.8) is 0 Å². The molecule has 0 bridgehead atoms. The third kappa shape index (κ3) is 4.05. The maximum Gasteiger partial charge on any atom is 0.129 e. The molecule has 0 N–H and O–H groups in total. The largest absolute Gasteiger partial charge is 0.354 e. The van der Waals surface area contributed by atoms with Crippen molar-refractivity contribution >= 4 is 11.3 Å². The van der Waals surface area contributed by atoms with Crippen LogP contribution in [0.15, 0.2) is 43.1 Å². The molecule has 33 heavy (non-hydrogen) atoms. The highest BCUT2D eigenvalue weighted by Gasteiger charge is 2.16. The van der Waals surface area contributed by atoms with Gasteiger partial charge in [-0.05, 0) is 31.7 Å². The molecule has 1 saturated heterocycles. The van der Waals surface area contributed by atoms with Crippen LogP contribution in [0.4, 0.5) is 5.82 Å². The van der Waals surface area contributed by atoms with E-state index in [9.17, 15) is 5.26 Å². The van der Waals surface area contributed by atoms with Crippen LogP contribution in [0, 0.1) is 30.1 Å². The minimum absolute atomic E-state index is 0.501. The third-order valence-corrected chi connectivity index (χ3v) is 6.02. The van der Waals surface area contributed by atoms with Gasteiger partial charge in [-0.3, -0.25) is 4.68 Å². The van der Waals surface area contributed by atoms with Gasteiger partial charge in [0, 0.05) is 68.5 Å². The number of piperazine rings is 1. The summed E-state index contributed by atoms with van der Waals surface area (Å²) in [6.45, 7) is 5.97. The van der Waals surface area contributed by atoms with Gasteiger partial charge in [0.15, 0.2) is 0 Å². The Bertz CT molecular complexity index is 1430. The SMILES string of the molecule is Cc1cnc(N2CCN(C)CC2)cc1C#Cc1cc(-c2cnn(C)c2)cn2ncc(C#N)c12. The second-order valence-electron chi connectivity index (χ2n) is 8.41. The fourth-order valence-electron chi connectivity index (χ4n) is 4.02. The number of likely N-dealkylation sites (N-methyl/N-ethyl adjacent to an activating group) is 1. The summed E-state index contributed by atoms with van der Waals surface area (Å²) in [5.74, 6) is 7.61. The summed E-state index contributed by atoms with van der Waals surface area (Å²) < 4.78 is 3.48. The van der Waals surface area contributed by atoms with Gasteiger partial charge in [-0.15, -0.1) is 0 Å². The lowest BCUT2D eigenvalue weighted by molar-refractivity contribution is 0.312. The topological polar surface area (TPSA) is 78.3 Å². The van der Waals surface area contributed by atoms with Crippen LogP contribution in [0.3, 0.4) is 0 Å². The van der Waals surface area contributed by atoms with E-state index in [4.69, 9.17) is 0 Å². The Balaban J connectivity index is 1.57. The molecule has 0 aromatic carbocycles. The Morgan fingerprint density at radius 2 is 1.64 bits per heavy atom. The molecule has 1 aliphatic heterocycles. The monoisotopic (exact) mass is 436 g/mol. The van der Waals surface area contributed by atoms with E-state index in [1.807, 2.05) is 44.8 Å². The van der Waals surface area contributed by atoms with Crippen molar-refractivity contribution in [3.8, 4) is 29.0 Å². The molecule has 0 atom stereocenters. The lowest BCUT2D eigenvalue weighted by Gasteiger charge is -2.33. The number of aryl methyl sites for hydroxylation is 2. The number of pyridine rings is 2. The Labute approximate surface area is 192 Å². The van der Waals surface area contributed by atoms with Crippen molar-refractivity contribution in [2.24, 2.45) is 7.05 Å². The fourth-order valence-corrected chi connectivity index (χ4v) is 4.02. The van der Waals surface area contributed by atoms with Crippen molar-refractivity contribution in [2.75, 3.05) is 38.1 Å². The van der Waals surface area contributed by atoms with Crippen LogP contribution < -0.4 is 4.90 Å². The van der Waals surface area contributed by atoms with Gasteiger partial charge >= 0.3 is 0 Å². The molecule has 8 nitrogen and oxygen atoms in total. The molecular weight excluding hydrogens is 412 g/mol. The Hall–Kier alpha value is -4.14. The number of fused-ring (bicyclic) bond motifs is 1. The zero-order valence-corrected chi connectivity index (χ0v) is 18.9. The zero-order chi connectivity index (χ0) is 22.9. The van der Waals surface area contributed by atoms with E-state index in [0.29, 0.717) is 11.1 Å². The molecule has 0 saturated carbocycles. The van der Waals surface area contributed by atoms with Gasteiger partial charge in [0.25, 0.3) is 0 Å². The summed E-state index contributed by atoms with van der Waals surface area (Å²) in [6.07, 6.45) is 9.13. The molecule has 4 aromatic heterocycles. The van der Waals surface area contributed by atoms with E-state index in [0.717, 1.165) is 59.8 Å². The average molecular weight is 437 g/mol. The molecule has 5 heterocycles. The van der Waals surface area contributed by atoms with Crippen LogP contribution in [-0.4, -0.2) is 62.5 Å². The van der Waals surface area contributed by atoms with E-state index in [2.05, 4.69) is 56.0 Å². The number of hydrogen-bond donors (Lipinski definition) is 0. The maximum atomic E-state index is 9.59. The van der Waals surface area contributed by atoms with Gasteiger partial charge in [0.2, 0.25) is 0 Å². The normalized spacial score (nSPS) is 14.2. The average Bonchev–Trinajstić information content (AvgIpc) is 3.45. The third-order valence-electron chi connectivity index (χ3n) is 6.02. The molecule has 1 fully saturated rings. The second kappa shape index (κ2) is 8.42. The van der Waals surface area contributed by atoms with E-state index in [-0.39, 0.29) is 0 Å². The van der Waals surface area contributed by atoms with Crippen LogP contribution in [0.1, 0.15) is 22.3 Å². The molecule has 164 valence electrons. The van der Waals surface area contributed by atoms with Crippen LogP contribution in [0.25, 0.3) is 16.6 Å². The predicted molar refractivity (Wildman–Crippen MR) is 127 cm³/mol. The van der Waals surface area contributed by atoms with Crippen molar-refractivity contribution in [2.45, 2.75) is 6.92 Å². The number of nitriles is 1. The summed E-state index contributed by atoms with van der Waals surface area (Å²) in [7, 11) is 4.03. The predicted octanol–water partition coefficient (Wildman–Crippen LogP) is 2.46. The lowest BCUT2D eigenvalue weighted by atomic mass is 10.1. The van der Waals surface area contributed by atoms with Gasteiger partial charge in [0.05, 0.1) is 29.0 Å². The van der Waals surface area contributed by atoms with E-state index in [1.165, 1.54) is 0 Å². The van der Waals surface area contributed by atoms with Crippen molar-refractivity contribution in [1.82, 2.24) is 29.3 Å². The van der Waals surface area contributed by atoms with Crippen LogP contribution in [0.2, 0.25) is 0 Å². The summed E-state index contributed by atoms with van der Waals surface area (Å²) in [5, 5.41) is 18.2. The highest BCUT2D eigenvalue weighted by molar-refractivity contribution is 5.76. The molecule has 1 aliphatic rings. The first kappa shape index (κ1) is 20.7. The van der Waals surface area contributed by atoms with E-state index < -0.39 is 0 Å². The Kier molecular flexibility index (Phi) is 5.29. The Morgan fingerprint density at radius 3 is 2.36 bits per heavy atom. The molecular formula is C25H24N8. The standard InChI is InChI=1S/C25H24N8/c1-18-13-27-24(32-8-6-30(2)7-9-32)11-19(18)4-5-20-10-21(23-15-28-31(3)16-23)17-33-25(20)22(12-26)14-29-33/h10-11,13-17H,6-9H2,1-3H3. The number of anilines is 1. The first-order valence-electron chi connectivity index (χ1n) is 10.8. The van der Waals surface area contributed by atoms with E-state index >= 15 is 0 Å². The fraction of sp³-hybridized carbons (Fsp3) is 0.280. The highest BCUT2D eigenvalue weighted by Crippen LogP contribution is 2.24. The minimum atomic E-state index is 0.501. The molecule has 5 rings (SSSR count). The number of hydrogen-bond acceptors (Lipinski definition) is 6. The van der Waals surface area contributed by atoms with Gasteiger partial charge in [0.1, 0.15) is 11.9 Å². The summed E-state index contributed by atoms with van der Waals surface area (Å²) >= 11 is 0. The summed E-state index contributed by atoms with van der Waals surface area (Å²) in [5.41, 5.74) is 5.83. The molecule has 0 amide bonds. The smallest absolute Gasteiger partial charge is 0.129 e. The molecule has 8 heteroatoms. The lowest BCUT2D eigenvalue weighted by Crippen LogP contribution is -2.44. The molecule has 0 unspecified atom stereocenters. The van der Waals surface area contributed by atoms with Gasteiger partial charge in [-0.25, -0.2) is 9.50 Å². The second-order valence-corrected chi connectivity index (χ2v) is 8.41. The minimum Gasteiger partial charge on any atom is -0.354 e. The van der Waals surface area contributed by atoms with Crippen LogP contribution in [0.5, 0.6) is 0 Å². The first-order valence-corrected chi connectivity index (χ1v) is 10.8. The van der Waals surface area contributed by atoms with Crippen molar-refractivity contribution in [3.05, 3.63) is 65.4 Å². The van der Waals surface area contributed by atoms with Crippen molar-refractivity contribution < 1.29 is 0 Å². The van der Waals surface area contributed by atoms with Gasteiger partial charge < -0.3 is 9.80 Å². The zero-order valence-electron chi connectivity index (χ0n) is 18.9. The van der Waals surface area contributed by atoms with Crippen LogP contribution >= 0.6 is 0 Å².